The zero-order chi connectivity index (χ0) is 24.4. The van der Waals surface area contributed by atoms with E-state index in [-0.39, 0.29) is 17.1 Å². The van der Waals surface area contributed by atoms with Gasteiger partial charge in [0.15, 0.2) is 5.65 Å². The van der Waals surface area contributed by atoms with E-state index in [4.69, 9.17) is 11.6 Å². The fourth-order valence-electron chi connectivity index (χ4n) is 4.51. The lowest BCUT2D eigenvalue weighted by Crippen LogP contribution is -2.38. The molecular weight excluding hydrogens is 466 g/mol. The number of amides is 1. The molecule has 178 valence electrons. The van der Waals surface area contributed by atoms with Crippen molar-refractivity contribution in [3.63, 3.8) is 0 Å². The number of likely N-dealkylation sites (tertiary alicyclic amines) is 1. The Balaban J connectivity index is 1.41. The molecule has 0 spiro atoms. The minimum atomic E-state index is -1.12. The van der Waals surface area contributed by atoms with Gasteiger partial charge >= 0.3 is 5.97 Å². The van der Waals surface area contributed by atoms with E-state index >= 15 is 0 Å². The number of carbonyl (C=O) groups excluding carboxylic acids is 1. The number of nitrogens with one attached hydrogen (secondary N) is 1. The molecular formula is C26H24ClN5O3. The molecule has 0 radical (unpaired) electrons. The van der Waals surface area contributed by atoms with Crippen LogP contribution in [0, 0.1) is 0 Å². The first-order valence-electron chi connectivity index (χ1n) is 11.4. The van der Waals surface area contributed by atoms with Crippen molar-refractivity contribution in [1.82, 2.24) is 19.5 Å². The molecule has 5 rings (SSSR count). The molecule has 4 aromatic rings. The van der Waals surface area contributed by atoms with Crippen molar-refractivity contribution < 1.29 is 14.7 Å². The molecule has 2 aromatic carbocycles. The van der Waals surface area contributed by atoms with Crippen LogP contribution in [0.3, 0.4) is 0 Å². The quantitative estimate of drug-likeness (QED) is 0.407. The number of carboxylic acid groups (broad SMARTS) is 1. The Morgan fingerprint density at radius 2 is 1.71 bits per heavy atom. The summed E-state index contributed by atoms with van der Waals surface area (Å²) in [6.45, 7) is 1.67. The molecule has 1 aliphatic rings. The van der Waals surface area contributed by atoms with Crippen LogP contribution in [-0.2, 0) is 6.54 Å². The summed E-state index contributed by atoms with van der Waals surface area (Å²) >= 11 is 6.02. The molecule has 0 atom stereocenters. The zero-order valence-electron chi connectivity index (χ0n) is 18.9. The van der Waals surface area contributed by atoms with Crippen LogP contribution < -0.4 is 5.32 Å². The Labute approximate surface area is 207 Å². The Morgan fingerprint density at radius 1 is 1.00 bits per heavy atom. The van der Waals surface area contributed by atoms with Crippen LogP contribution in [0.2, 0.25) is 5.02 Å². The van der Waals surface area contributed by atoms with Gasteiger partial charge in [-0.25, -0.2) is 9.78 Å². The molecule has 0 aliphatic carbocycles. The average Bonchev–Trinajstić information content (AvgIpc) is 3.33. The summed E-state index contributed by atoms with van der Waals surface area (Å²) in [6, 6.07) is 17.6. The molecule has 9 heteroatoms. The van der Waals surface area contributed by atoms with E-state index in [1.54, 1.807) is 0 Å². The molecule has 0 saturated carbocycles. The number of hydrogen-bond acceptors (Lipinski definition) is 5. The zero-order valence-corrected chi connectivity index (χ0v) is 19.7. The third-order valence-corrected chi connectivity index (χ3v) is 6.67. The van der Waals surface area contributed by atoms with Gasteiger partial charge in [0.2, 0.25) is 0 Å². The van der Waals surface area contributed by atoms with E-state index in [0.717, 1.165) is 18.4 Å². The van der Waals surface area contributed by atoms with Crippen molar-refractivity contribution in [3.8, 4) is 0 Å². The standard InChI is InChI=1S/C26H24ClN5O3/c27-20-8-6-18(7-9-20)19-10-12-31(13-11-19)25(33)21-15-29-24-22(26(34)35)16-30-32(24)23(21)28-14-17-4-2-1-3-5-17/h1-9,15-16,19,28H,10-14H2,(H,34,35). The van der Waals surface area contributed by atoms with Crippen molar-refractivity contribution in [1.29, 1.82) is 0 Å². The monoisotopic (exact) mass is 489 g/mol. The second-order valence-corrected chi connectivity index (χ2v) is 9.01. The Bertz CT molecular complexity index is 1360. The van der Waals surface area contributed by atoms with Gasteiger partial charge in [-0.05, 0) is 42.0 Å². The third-order valence-electron chi connectivity index (χ3n) is 6.41. The first-order chi connectivity index (χ1) is 17.0. The number of halogens is 1. The lowest BCUT2D eigenvalue weighted by atomic mass is 9.89. The fourth-order valence-corrected chi connectivity index (χ4v) is 4.64. The number of carboxylic acids is 1. The summed E-state index contributed by atoms with van der Waals surface area (Å²) in [5, 5.41) is 17.7. The molecule has 0 unspecified atom stereocenters. The summed E-state index contributed by atoms with van der Waals surface area (Å²) in [5.74, 6) is -0.477. The van der Waals surface area contributed by atoms with Crippen LogP contribution in [0.4, 0.5) is 5.82 Å². The van der Waals surface area contributed by atoms with Gasteiger partial charge in [-0.15, -0.1) is 0 Å². The van der Waals surface area contributed by atoms with Crippen molar-refractivity contribution >= 4 is 34.9 Å². The van der Waals surface area contributed by atoms with E-state index in [2.05, 4.69) is 15.4 Å². The highest BCUT2D eigenvalue weighted by Gasteiger charge is 2.28. The van der Waals surface area contributed by atoms with Gasteiger partial charge in [-0.3, -0.25) is 4.79 Å². The highest BCUT2D eigenvalue weighted by molar-refractivity contribution is 6.30. The molecule has 0 bridgehead atoms. The number of benzene rings is 2. The summed E-state index contributed by atoms with van der Waals surface area (Å²) in [7, 11) is 0. The van der Waals surface area contributed by atoms with Gasteiger partial charge in [0.25, 0.3) is 5.91 Å². The van der Waals surface area contributed by atoms with E-state index < -0.39 is 5.97 Å². The first kappa shape index (κ1) is 22.9. The minimum Gasteiger partial charge on any atom is -0.477 e. The summed E-state index contributed by atoms with van der Waals surface area (Å²) in [5.41, 5.74) is 2.78. The topological polar surface area (TPSA) is 99.8 Å². The highest BCUT2D eigenvalue weighted by atomic mass is 35.5. The number of aromatic nitrogens is 3. The van der Waals surface area contributed by atoms with Crippen LogP contribution in [0.5, 0.6) is 0 Å². The number of nitrogens with zero attached hydrogens (tertiary/aromatic N) is 4. The average molecular weight is 490 g/mol. The normalized spacial score (nSPS) is 14.3. The summed E-state index contributed by atoms with van der Waals surface area (Å²) < 4.78 is 1.40. The van der Waals surface area contributed by atoms with Gasteiger partial charge in [-0.1, -0.05) is 54.1 Å². The van der Waals surface area contributed by atoms with Gasteiger partial charge in [0.05, 0.1) is 6.20 Å². The number of anilines is 1. The minimum absolute atomic E-state index is 0.0180. The predicted molar refractivity (Wildman–Crippen MR) is 133 cm³/mol. The van der Waals surface area contributed by atoms with Gasteiger partial charge < -0.3 is 15.3 Å². The van der Waals surface area contributed by atoms with Crippen molar-refractivity contribution in [2.24, 2.45) is 0 Å². The molecule has 1 fully saturated rings. The maximum Gasteiger partial charge on any atom is 0.341 e. The lowest BCUT2D eigenvalue weighted by molar-refractivity contribution is 0.0695. The number of fused-ring (bicyclic) bond motifs is 1. The molecule has 8 nitrogen and oxygen atoms in total. The van der Waals surface area contributed by atoms with Crippen LogP contribution in [0.25, 0.3) is 5.65 Å². The predicted octanol–water partition coefficient (Wildman–Crippen LogP) is 4.71. The fraction of sp³-hybridized carbons (Fsp3) is 0.231. The number of aromatic carboxylic acids is 1. The second kappa shape index (κ2) is 9.76. The van der Waals surface area contributed by atoms with Gasteiger partial charge in [0.1, 0.15) is 16.9 Å². The van der Waals surface area contributed by atoms with Crippen molar-refractivity contribution in [2.45, 2.75) is 25.3 Å². The molecule has 1 saturated heterocycles. The number of carbonyl (C=O) groups is 2. The SMILES string of the molecule is O=C(O)c1cnn2c(NCc3ccccc3)c(C(=O)N3CCC(c4ccc(Cl)cc4)CC3)cnc12. The van der Waals surface area contributed by atoms with E-state index in [1.165, 1.54) is 22.5 Å². The smallest absolute Gasteiger partial charge is 0.341 e. The number of hydrogen-bond donors (Lipinski definition) is 2. The van der Waals surface area contributed by atoms with Crippen LogP contribution in [0.1, 0.15) is 50.6 Å². The van der Waals surface area contributed by atoms with Crippen LogP contribution in [0.15, 0.2) is 67.0 Å². The molecule has 2 aromatic heterocycles. The molecule has 1 amide bonds. The van der Waals surface area contributed by atoms with Gasteiger partial charge in [0, 0.05) is 30.9 Å². The van der Waals surface area contributed by atoms with Crippen LogP contribution in [-0.4, -0.2) is 49.6 Å². The summed E-state index contributed by atoms with van der Waals surface area (Å²) in [4.78, 5) is 31.3. The Hall–Kier alpha value is -3.91. The first-order valence-corrected chi connectivity index (χ1v) is 11.8. The van der Waals surface area contributed by atoms with Gasteiger partial charge in [-0.2, -0.15) is 9.61 Å². The second-order valence-electron chi connectivity index (χ2n) is 8.58. The van der Waals surface area contributed by atoms with E-state index in [0.29, 0.717) is 42.0 Å². The molecule has 1 aliphatic heterocycles. The maximum atomic E-state index is 13.6. The van der Waals surface area contributed by atoms with E-state index in [9.17, 15) is 14.7 Å². The number of piperidine rings is 1. The third kappa shape index (κ3) is 4.70. The molecule has 35 heavy (non-hydrogen) atoms. The lowest BCUT2D eigenvalue weighted by Gasteiger charge is -2.32. The maximum absolute atomic E-state index is 13.6. The molecule has 3 heterocycles. The largest absolute Gasteiger partial charge is 0.477 e. The molecule has 2 N–H and O–H groups in total. The van der Waals surface area contributed by atoms with Crippen molar-refractivity contribution in [3.05, 3.63) is 94.3 Å². The summed E-state index contributed by atoms with van der Waals surface area (Å²) in [6.07, 6.45) is 4.40. The van der Waals surface area contributed by atoms with Crippen LogP contribution >= 0.6 is 11.6 Å². The Kier molecular flexibility index (Phi) is 6.37. The Morgan fingerprint density at radius 3 is 2.40 bits per heavy atom. The van der Waals surface area contributed by atoms with Crippen molar-refractivity contribution in [2.75, 3.05) is 18.4 Å². The van der Waals surface area contributed by atoms with E-state index in [1.807, 2.05) is 59.5 Å². The highest BCUT2D eigenvalue weighted by Crippen LogP contribution is 2.30. The number of rotatable bonds is 6.